The predicted octanol–water partition coefficient (Wildman–Crippen LogP) is 2.07. The largest absolute Gasteiger partial charge is 0.417 e. The maximum absolute atomic E-state index is 14.2. The van der Waals surface area contributed by atoms with Gasteiger partial charge in [-0.05, 0) is 18.8 Å². The Morgan fingerprint density at radius 2 is 2.18 bits per heavy atom. The molecule has 22 heavy (non-hydrogen) atoms. The molecule has 1 N–H and O–H groups in total. The van der Waals surface area contributed by atoms with Crippen LogP contribution in [0.1, 0.15) is 26.7 Å². The van der Waals surface area contributed by atoms with E-state index in [0.29, 0.717) is 13.0 Å². The van der Waals surface area contributed by atoms with Crippen molar-refractivity contribution >= 4 is 21.1 Å². The lowest BCUT2D eigenvalue weighted by molar-refractivity contribution is 0.338. The Kier molecular flexibility index (Phi) is 3.60. The lowest BCUT2D eigenvalue weighted by Gasteiger charge is -2.25. The first-order valence-electron chi connectivity index (χ1n) is 7.18. The summed E-state index contributed by atoms with van der Waals surface area (Å²) in [5.74, 6) is -1.40. The van der Waals surface area contributed by atoms with Crippen molar-refractivity contribution in [2.24, 2.45) is 5.92 Å². The molecular weight excluding hydrogens is 311 g/mol. The van der Waals surface area contributed by atoms with Crippen LogP contribution in [0.15, 0.2) is 26.2 Å². The number of rotatable bonds is 3. The van der Waals surface area contributed by atoms with E-state index in [9.17, 15) is 17.6 Å². The van der Waals surface area contributed by atoms with Gasteiger partial charge in [-0.2, -0.15) is 4.31 Å². The number of oxazole rings is 1. The number of nitrogens with zero attached hydrogens (tertiary/aromatic N) is 1. The Balaban J connectivity index is 2.12. The first-order chi connectivity index (χ1) is 10.3. The molecule has 0 radical (unpaired) electrons. The van der Waals surface area contributed by atoms with Crippen LogP contribution in [0, 0.1) is 11.7 Å². The second-order valence-corrected chi connectivity index (χ2v) is 7.51. The van der Waals surface area contributed by atoms with Crippen molar-refractivity contribution in [1.82, 2.24) is 9.29 Å². The molecule has 2 atom stereocenters. The number of sulfonamides is 1. The predicted molar refractivity (Wildman–Crippen MR) is 78.5 cm³/mol. The van der Waals surface area contributed by atoms with Crippen LogP contribution in [0.5, 0.6) is 0 Å². The second-order valence-electron chi connectivity index (χ2n) is 5.65. The Morgan fingerprint density at radius 1 is 1.45 bits per heavy atom. The average molecular weight is 328 g/mol. The Hall–Kier alpha value is -1.67. The van der Waals surface area contributed by atoms with Gasteiger partial charge in [0.05, 0.1) is 5.52 Å². The topological polar surface area (TPSA) is 83.4 Å². The summed E-state index contributed by atoms with van der Waals surface area (Å²) in [6.45, 7) is 4.28. The number of hydrogen-bond donors (Lipinski definition) is 1. The molecule has 0 spiro atoms. The Bertz CT molecular complexity index is 871. The molecule has 2 heterocycles. The molecular formula is C14H17FN2O4S. The molecule has 6 nitrogen and oxygen atoms in total. The monoisotopic (exact) mass is 328 g/mol. The van der Waals surface area contributed by atoms with Crippen LogP contribution < -0.4 is 5.76 Å². The van der Waals surface area contributed by atoms with Crippen molar-refractivity contribution in [1.29, 1.82) is 0 Å². The number of hydrogen-bond acceptors (Lipinski definition) is 4. The third-order valence-electron chi connectivity index (χ3n) is 4.31. The van der Waals surface area contributed by atoms with Gasteiger partial charge in [0, 0.05) is 24.7 Å². The highest BCUT2D eigenvalue weighted by atomic mass is 32.2. The third-order valence-corrected chi connectivity index (χ3v) is 6.25. The van der Waals surface area contributed by atoms with Gasteiger partial charge in [0.15, 0.2) is 5.58 Å². The first kappa shape index (κ1) is 15.2. The van der Waals surface area contributed by atoms with Crippen LogP contribution in [0.2, 0.25) is 0 Å². The number of halogens is 1. The summed E-state index contributed by atoms with van der Waals surface area (Å²) in [7, 11) is -3.96. The van der Waals surface area contributed by atoms with Gasteiger partial charge in [-0.15, -0.1) is 0 Å². The van der Waals surface area contributed by atoms with E-state index in [0.717, 1.165) is 18.6 Å². The summed E-state index contributed by atoms with van der Waals surface area (Å²) < 4.78 is 46.0. The standard InChI is InChI=1S/C14H17FN2O4S/c1-3-11-8(2)4-5-17(11)22(19,20)13-7-12-10(6-9(13)15)16-14(18)21-12/h6-8,11H,3-5H2,1-2H3,(H,16,18). The molecule has 1 fully saturated rings. The van der Waals surface area contributed by atoms with E-state index < -0.39 is 26.5 Å². The highest BCUT2D eigenvalue weighted by molar-refractivity contribution is 7.89. The van der Waals surface area contributed by atoms with E-state index in [2.05, 4.69) is 4.98 Å². The molecule has 0 bridgehead atoms. The molecule has 1 saturated heterocycles. The maximum atomic E-state index is 14.2. The molecule has 2 aromatic rings. The van der Waals surface area contributed by atoms with Crippen molar-refractivity contribution in [3.8, 4) is 0 Å². The molecule has 120 valence electrons. The maximum Gasteiger partial charge on any atom is 0.417 e. The van der Waals surface area contributed by atoms with Crippen LogP contribution in [0.3, 0.4) is 0 Å². The van der Waals surface area contributed by atoms with E-state index in [1.54, 1.807) is 0 Å². The second kappa shape index (κ2) is 5.20. The highest BCUT2D eigenvalue weighted by Crippen LogP contribution is 2.33. The van der Waals surface area contributed by atoms with Gasteiger partial charge in [-0.25, -0.2) is 17.6 Å². The molecule has 0 amide bonds. The van der Waals surface area contributed by atoms with Gasteiger partial charge in [0.25, 0.3) is 0 Å². The minimum atomic E-state index is -3.96. The molecule has 3 rings (SSSR count). The quantitative estimate of drug-likeness (QED) is 0.935. The molecule has 0 saturated carbocycles. The third kappa shape index (κ3) is 2.26. The highest BCUT2D eigenvalue weighted by Gasteiger charge is 2.39. The summed E-state index contributed by atoms with van der Waals surface area (Å²) >= 11 is 0. The lowest BCUT2D eigenvalue weighted by atomic mass is 10.0. The molecule has 0 aliphatic carbocycles. The van der Waals surface area contributed by atoms with E-state index in [-0.39, 0.29) is 23.1 Å². The molecule has 1 aliphatic rings. The number of fused-ring (bicyclic) bond motifs is 1. The van der Waals surface area contributed by atoms with E-state index in [1.165, 1.54) is 4.31 Å². The summed E-state index contributed by atoms with van der Waals surface area (Å²) in [5, 5.41) is 0. The number of benzene rings is 1. The smallest absolute Gasteiger partial charge is 0.408 e. The van der Waals surface area contributed by atoms with Gasteiger partial charge < -0.3 is 4.42 Å². The van der Waals surface area contributed by atoms with Crippen molar-refractivity contribution in [2.75, 3.05) is 6.54 Å². The van der Waals surface area contributed by atoms with E-state index in [1.807, 2.05) is 13.8 Å². The van der Waals surface area contributed by atoms with E-state index >= 15 is 0 Å². The zero-order chi connectivity index (χ0) is 16.1. The summed E-state index contributed by atoms with van der Waals surface area (Å²) in [4.78, 5) is 13.0. The molecule has 1 aliphatic heterocycles. The fourth-order valence-electron chi connectivity index (χ4n) is 3.15. The lowest BCUT2D eigenvalue weighted by Crippen LogP contribution is -2.37. The fraction of sp³-hybridized carbons (Fsp3) is 0.500. The Morgan fingerprint density at radius 3 is 2.86 bits per heavy atom. The number of aromatic amines is 1. The van der Waals surface area contributed by atoms with Crippen LogP contribution in [-0.2, 0) is 10.0 Å². The average Bonchev–Trinajstić information content (AvgIpc) is 2.99. The minimum absolute atomic E-state index is 0.0327. The van der Waals surface area contributed by atoms with Crippen LogP contribution >= 0.6 is 0 Å². The number of H-pyrrole nitrogens is 1. The van der Waals surface area contributed by atoms with Crippen LogP contribution in [0.25, 0.3) is 11.1 Å². The van der Waals surface area contributed by atoms with Crippen molar-refractivity contribution < 1.29 is 17.2 Å². The zero-order valence-corrected chi connectivity index (χ0v) is 13.1. The summed E-state index contributed by atoms with van der Waals surface area (Å²) in [6.07, 6.45) is 1.42. The Labute approximate surface area is 127 Å². The minimum Gasteiger partial charge on any atom is -0.408 e. The van der Waals surface area contributed by atoms with Gasteiger partial charge >= 0.3 is 5.76 Å². The first-order valence-corrected chi connectivity index (χ1v) is 8.62. The summed E-state index contributed by atoms with van der Waals surface area (Å²) in [6, 6.07) is 1.92. The van der Waals surface area contributed by atoms with Crippen molar-refractivity contribution in [3.05, 3.63) is 28.5 Å². The van der Waals surface area contributed by atoms with E-state index in [4.69, 9.17) is 4.42 Å². The SMILES string of the molecule is CCC1C(C)CCN1S(=O)(=O)c1cc2oc(=O)[nH]c2cc1F. The molecule has 1 aromatic carbocycles. The summed E-state index contributed by atoms with van der Waals surface area (Å²) in [5.41, 5.74) is 0.175. The van der Waals surface area contributed by atoms with Crippen molar-refractivity contribution in [2.45, 2.75) is 37.6 Å². The van der Waals surface area contributed by atoms with Crippen LogP contribution in [0.4, 0.5) is 4.39 Å². The normalized spacial score (nSPS) is 23.4. The van der Waals surface area contributed by atoms with Gasteiger partial charge in [0.1, 0.15) is 10.7 Å². The van der Waals surface area contributed by atoms with Gasteiger partial charge in [-0.3, -0.25) is 4.98 Å². The van der Waals surface area contributed by atoms with Crippen molar-refractivity contribution in [3.63, 3.8) is 0 Å². The van der Waals surface area contributed by atoms with Crippen LogP contribution in [-0.4, -0.2) is 30.3 Å². The zero-order valence-electron chi connectivity index (χ0n) is 12.3. The molecule has 2 unspecified atom stereocenters. The van der Waals surface area contributed by atoms with Gasteiger partial charge in [-0.1, -0.05) is 13.8 Å². The fourth-order valence-corrected chi connectivity index (χ4v) is 5.03. The molecule has 1 aromatic heterocycles. The van der Waals surface area contributed by atoms with Gasteiger partial charge in [0.2, 0.25) is 10.0 Å². The molecule has 8 heteroatoms. The number of aromatic nitrogens is 1. The number of nitrogens with one attached hydrogen (secondary N) is 1.